The van der Waals surface area contributed by atoms with Gasteiger partial charge in [0.05, 0.1) is 52.3 Å². The van der Waals surface area contributed by atoms with Gasteiger partial charge in [0.2, 0.25) is 0 Å². The average molecular weight is 1010 g/mol. The Kier molecular flexibility index (Phi) is 24.9. The summed E-state index contributed by atoms with van der Waals surface area (Å²) in [5.41, 5.74) is 0.950. The highest BCUT2D eigenvalue weighted by Crippen LogP contribution is 2.40. The largest absolute Gasteiger partial charge is 0.462 e. The Morgan fingerprint density at radius 1 is 0.676 bits per heavy atom. The molecule has 378 valence electrons. The van der Waals surface area contributed by atoms with Crippen LogP contribution in [0, 0.1) is 23.8 Å². The van der Waals surface area contributed by atoms with Crippen LogP contribution in [0.3, 0.4) is 0 Å². The van der Waals surface area contributed by atoms with Crippen molar-refractivity contribution in [1.82, 2.24) is 0 Å². The van der Waals surface area contributed by atoms with Crippen LogP contribution < -0.4 is 9.80 Å². The van der Waals surface area contributed by atoms with Crippen molar-refractivity contribution in [3.8, 4) is 6.07 Å². The molecule has 2 aliphatic heterocycles. The number of halogens is 2. The van der Waals surface area contributed by atoms with Gasteiger partial charge in [-0.25, -0.2) is 14.4 Å². The van der Waals surface area contributed by atoms with E-state index < -0.39 is 35.6 Å². The van der Waals surface area contributed by atoms with Crippen LogP contribution in [0.1, 0.15) is 177 Å². The molecule has 2 aliphatic rings. The molecule has 0 aromatic heterocycles. The van der Waals surface area contributed by atoms with Gasteiger partial charge in [-0.15, -0.1) is 0 Å². The summed E-state index contributed by atoms with van der Waals surface area (Å²) in [6, 6.07) is 10.7. The predicted molar refractivity (Wildman–Crippen MR) is 284 cm³/mol. The maximum absolute atomic E-state index is 14.1. The van der Waals surface area contributed by atoms with Gasteiger partial charge in [-0.1, -0.05) is 190 Å². The summed E-state index contributed by atoms with van der Waals surface area (Å²) < 4.78 is 11.1. The van der Waals surface area contributed by atoms with Crippen LogP contribution in [0.2, 0.25) is 10.0 Å². The molecule has 0 aliphatic carbocycles. The van der Waals surface area contributed by atoms with Crippen molar-refractivity contribution in [2.75, 3.05) is 23.0 Å². The standard InChI is InChI=1S/C58H70Cl2N4O7/c1-7-9-11-13-15-17-19-21-23-28-36-70-57(68)44-32-34-49(59)51(38-44)63-43(5)46(41(3)48(40-61)55(63)66)30-26-25-27-31-47-42(4)53(62-6)56(67)64(54(47)65)52-39-45(33-35-50(52)60)58(69)71-37-29-24-22-20-18-16-14-12-10-8-2/h25-27,30-35,38-39,46H,5,7-24,28-29,36-37H2,1-4H3/b27-25-,30-26+,47-31-. The maximum Gasteiger partial charge on any atom is 0.338 e. The van der Waals surface area contributed by atoms with Crippen molar-refractivity contribution in [1.29, 1.82) is 5.26 Å². The van der Waals surface area contributed by atoms with Crippen molar-refractivity contribution < 1.29 is 33.4 Å². The second-order valence-electron chi connectivity index (χ2n) is 18.1. The fraction of sp³-hybridized carbons (Fsp3) is 0.466. The zero-order chi connectivity index (χ0) is 51.7. The lowest BCUT2D eigenvalue weighted by Gasteiger charge is -2.34. The Morgan fingerprint density at radius 3 is 1.58 bits per heavy atom. The number of carbonyl (C=O) groups is 5. The molecule has 0 spiro atoms. The molecular weight excluding hydrogens is 936 g/mol. The number of nitrogens with zero attached hydrogens (tertiary/aromatic N) is 4. The van der Waals surface area contributed by atoms with Crippen LogP contribution in [0.4, 0.5) is 11.4 Å². The van der Waals surface area contributed by atoms with Gasteiger partial charge in [-0.2, -0.15) is 5.26 Å². The number of hydrogen-bond acceptors (Lipinski definition) is 8. The summed E-state index contributed by atoms with van der Waals surface area (Å²) in [4.78, 5) is 73.2. The number of esters is 2. The van der Waals surface area contributed by atoms with Gasteiger partial charge in [0.15, 0.2) is 0 Å². The third kappa shape index (κ3) is 16.5. The normalized spacial score (nSPS) is 15.9. The van der Waals surface area contributed by atoms with Crippen LogP contribution in [0.25, 0.3) is 4.85 Å². The van der Waals surface area contributed by atoms with Crippen LogP contribution in [0.15, 0.2) is 107 Å². The van der Waals surface area contributed by atoms with Crippen LogP contribution >= 0.6 is 23.2 Å². The van der Waals surface area contributed by atoms with E-state index in [1.165, 1.54) is 131 Å². The molecule has 2 heterocycles. The lowest BCUT2D eigenvalue weighted by molar-refractivity contribution is -0.123. The van der Waals surface area contributed by atoms with E-state index in [0.29, 0.717) is 12.0 Å². The van der Waals surface area contributed by atoms with Gasteiger partial charge in [0, 0.05) is 17.2 Å². The van der Waals surface area contributed by atoms with E-state index in [1.807, 2.05) is 6.07 Å². The monoisotopic (exact) mass is 1000 g/mol. The summed E-state index contributed by atoms with van der Waals surface area (Å²) in [7, 11) is 0. The molecular formula is C58H70Cl2N4O7. The molecule has 13 heteroatoms. The molecule has 0 bridgehead atoms. The first-order valence-electron chi connectivity index (χ1n) is 25.4. The van der Waals surface area contributed by atoms with Gasteiger partial charge in [-0.05, 0) is 74.2 Å². The predicted octanol–water partition coefficient (Wildman–Crippen LogP) is 15.3. The minimum absolute atomic E-state index is 0.0209. The van der Waals surface area contributed by atoms with Gasteiger partial charge >= 0.3 is 11.9 Å². The lowest BCUT2D eigenvalue weighted by Crippen LogP contribution is -2.42. The van der Waals surface area contributed by atoms with Crippen molar-refractivity contribution in [3.05, 3.63) is 140 Å². The van der Waals surface area contributed by atoms with Gasteiger partial charge in [0.25, 0.3) is 23.4 Å². The molecule has 2 aromatic carbocycles. The van der Waals surface area contributed by atoms with E-state index in [4.69, 9.17) is 39.2 Å². The second-order valence-corrected chi connectivity index (χ2v) is 18.9. The quantitative estimate of drug-likeness (QED) is 0.0196. The van der Waals surface area contributed by atoms with Gasteiger partial charge in [-0.3, -0.25) is 24.2 Å². The molecule has 71 heavy (non-hydrogen) atoms. The van der Waals surface area contributed by atoms with Crippen LogP contribution in [-0.2, 0) is 23.9 Å². The van der Waals surface area contributed by atoms with Crippen molar-refractivity contribution in [2.45, 2.75) is 156 Å². The molecule has 0 radical (unpaired) electrons. The molecule has 11 nitrogen and oxygen atoms in total. The lowest BCUT2D eigenvalue weighted by atomic mass is 9.87. The first-order valence-corrected chi connectivity index (χ1v) is 26.2. The number of ether oxygens (including phenoxy) is 2. The molecule has 0 N–H and O–H groups in total. The van der Waals surface area contributed by atoms with Crippen molar-refractivity contribution >= 4 is 64.2 Å². The second kappa shape index (κ2) is 30.7. The smallest absolute Gasteiger partial charge is 0.338 e. The highest BCUT2D eigenvalue weighted by molar-refractivity contribution is 6.38. The van der Waals surface area contributed by atoms with E-state index in [2.05, 4.69) is 25.3 Å². The van der Waals surface area contributed by atoms with E-state index in [-0.39, 0.29) is 73.9 Å². The molecule has 1 unspecified atom stereocenters. The number of unbranched alkanes of at least 4 members (excludes halogenated alkanes) is 18. The van der Waals surface area contributed by atoms with Crippen LogP contribution in [-0.4, -0.2) is 42.9 Å². The number of benzene rings is 2. The number of imide groups is 1. The minimum atomic E-state index is -0.876. The first kappa shape index (κ1) is 57.6. The number of carbonyl (C=O) groups excluding carboxylic acids is 5. The summed E-state index contributed by atoms with van der Waals surface area (Å²) in [5, 5.41) is 10.3. The third-order valence-electron chi connectivity index (χ3n) is 12.8. The Morgan fingerprint density at radius 2 is 1.13 bits per heavy atom. The summed E-state index contributed by atoms with van der Waals surface area (Å²) >= 11 is 13.2. The number of amides is 3. The van der Waals surface area contributed by atoms with Gasteiger partial charge in [0.1, 0.15) is 11.6 Å². The Bertz CT molecular complexity index is 2490. The summed E-state index contributed by atoms with van der Waals surface area (Å²) in [6.07, 6.45) is 30.9. The molecule has 1 atom stereocenters. The highest BCUT2D eigenvalue weighted by atomic mass is 35.5. The molecule has 0 saturated heterocycles. The van der Waals surface area contributed by atoms with Crippen LogP contribution in [0.5, 0.6) is 0 Å². The molecule has 4 rings (SSSR count). The van der Waals surface area contributed by atoms with E-state index in [0.717, 1.165) is 49.8 Å². The fourth-order valence-corrected chi connectivity index (χ4v) is 9.02. The number of rotatable bonds is 29. The van der Waals surface area contributed by atoms with Crippen molar-refractivity contribution in [2.24, 2.45) is 5.92 Å². The third-order valence-corrected chi connectivity index (χ3v) is 13.5. The number of nitriles is 1. The van der Waals surface area contributed by atoms with E-state index in [9.17, 15) is 29.2 Å². The molecule has 2 aromatic rings. The van der Waals surface area contributed by atoms with Gasteiger partial charge < -0.3 is 9.47 Å². The number of allylic oxidation sites excluding steroid dienone is 5. The Hall–Kier alpha value is -6.01. The van der Waals surface area contributed by atoms with Crippen molar-refractivity contribution in [3.63, 3.8) is 0 Å². The molecule has 3 amide bonds. The zero-order valence-electron chi connectivity index (χ0n) is 42.1. The number of hydrogen-bond donors (Lipinski definition) is 0. The number of anilines is 2. The SMILES string of the molecule is [C-]#[N+]C1=C(C)/C(=C/C=C\C=C\C2C(=C)N(c3cc(C(=O)OCCCCCCCCCCCC)ccc3Cl)C(=O)C(C#N)=C2C)C(=O)N(c2cc(C(=O)OCCCCCCCCCCCC)ccc2Cl)C1=O. The topological polar surface area (TPSA) is 138 Å². The average Bonchev–Trinajstić information content (AvgIpc) is 3.35. The summed E-state index contributed by atoms with van der Waals surface area (Å²) in [6.45, 7) is 20.1. The first-order chi connectivity index (χ1) is 34.3. The van der Waals surface area contributed by atoms with E-state index in [1.54, 1.807) is 31.2 Å². The summed E-state index contributed by atoms with van der Waals surface area (Å²) in [5.74, 6) is -4.10. The maximum atomic E-state index is 14.1. The Labute approximate surface area is 431 Å². The molecule has 0 fully saturated rings. The highest BCUT2D eigenvalue weighted by Gasteiger charge is 2.38. The fourth-order valence-electron chi connectivity index (χ4n) is 8.61. The Balaban J connectivity index is 1.43. The minimum Gasteiger partial charge on any atom is -0.462 e. The zero-order valence-corrected chi connectivity index (χ0v) is 43.6. The molecule has 0 saturated carbocycles. The van der Waals surface area contributed by atoms with E-state index >= 15 is 0 Å².